The lowest BCUT2D eigenvalue weighted by Crippen LogP contribution is -2.30. The van der Waals surface area contributed by atoms with E-state index in [1.54, 1.807) is 6.92 Å². The normalized spacial score (nSPS) is 21.5. The number of likely N-dealkylation sites (tertiary alicyclic amines) is 1. The van der Waals surface area contributed by atoms with Gasteiger partial charge in [-0.1, -0.05) is 24.3 Å². The van der Waals surface area contributed by atoms with Gasteiger partial charge in [0.05, 0.1) is 5.92 Å². The van der Waals surface area contributed by atoms with Crippen molar-refractivity contribution in [1.29, 1.82) is 0 Å². The first kappa shape index (κ1) is 14.0. The summed E-state index contributed by atoms with van der Waals surface area (Å²) in [6, 6.07) is 8.43. The van der Waals surface area contributed by atoms with Crippen LogP contribution < -0.4 is 5.32 Å². The summed E-state index contributed by atoms with van der Waals surface area (Å²) >= 11 is 0. The van der Waals surface area contributed by atoms with Crippen LogP contribution in [0.3, 0.4) is 0 Å². The van der Waals surface area contributed by atoms with Gasteiger partial charge in [-0.05, 0) is 38.1 Å². The lowest BCUT2D eigenvalue weighted by atomic mass is 10.00. The Morgan fingerprint density at radius 1 is 1.47 bits per heavy atom. The Balaban J connectivity index is 1.86. The van der Waals surface area contributed by atoms with Gasteiger partial charge in [0.15, 0.2) is 0 Å². The van der Waals surface area contributed by atoms with Gasteiger partial charge in [0.2, 0.25) is 0 Å². The third kappa shape index (κ3) is 3.78. The summed E-state index contributed by atoms with van der Waals surface area (Å²) in [5, 5.41) is 12.5. The van der Waals surface area contributed by atoms with Crippen molar-refractivity contribution in [3.63, 3.8) is 0 Å². The second-order valence-electron chi connectivity index (χ2n) is 5.43. The molecule has 2 unspecified atom stereocenters. The molecule has 1 aromatic carbocycles. The van der Waals surface area contributed by atoms with Crippen LogP contribution in [0.1, 0.15) is 30.4 Å². The first-order valence-corrected chi connectivity index (χ1v) is 6.80. The quantitative estimate of drug-likeness (QED) is 0.847. The van der Waals surface area contributed by atoms with E-state index in [2.05, 4.69) is 17.3 Å². The molecule has 1 aliphatic rings. The third-order valence-electron chi connectivity index (χ3n) is 3.84. The van der Waals surface area contributed by atoms with Gasteiger partial charge in [0.1, 0.15) is 0 Å². The van der Waals surface area contributed by atoms with Crippen molar-refractivity contribution in [3.05, 3.63) is 35.4 Å². The molecule has 1 heterocycles. The molecule has 2 rings (SSSR count). The Hall–Kier alpha value is -1.39. The number of hydrogen-bond donors (Lipinski definition) is 2. The molecular weight excluding hydrogens is 240 g/mol. The van der Waals surface area contributed by atoms with Gasteiger partial charge >= 0.3 is 5.97 Å². The van der Waals surface area contributed by atoms with Crippen molar-refractivity contribution in [2.45, 2.75) is 31.8 Å². The predicted octanol–water partition coefficient (Wildman–Crippen LogP) is 1.67. The second kappa shape index (κ2) is 6.17. The lowest BCUT2D eigenvalue weighted by molar-refractivity contribution is -0.138. The van der Waals surface area contributed by atoms with Crippen LogP contribution >= 0.6 is 0 Å². The van der Waals surface area contributed by atoms with Crippen LogP contribution in [0.2, 0.25) is 0 Å². The molecule has 4 nitrogen and oxygen atoms in total. The zero-order valence-electron chi connectivity index (χ0n) is 11.6. The topological polar surface area (TPSA) is 52.6 Å². The van der Waals surface area contributed by atoms with E-state index < -0.39 is 11.9 Å². The number of aliphatic carboxylic acids is 1. The maximum atomic E-state index is 10.9. The van der Waals surface area contributed by atoms with E-state index in [0.29, 0.717) is 6.04 Å². The third-order valence-corrected chi connectivity index (χ3v) is 3.84. The molecular formula is C15H22N2O2. The lowest BCUT2D eigenvalue weighted by Gasteiger charge is -2.13. The molecule has 0 bridgehead atoms. The number of rotatable bonds is 5. The number of carboxylic acid groups (broad SMARTS) is 1. The van der Waals surface area contributed by atoms with Gasteiger partial charge in [0.25, 0.3) is 0 Å². The molecule has 104 valence electrons. The molecule has 2 atom stereocenters. The Morgan fingerprint density at radius 3 is 2.68 bits per heavy atom. The number of benzene rings is 1. The Bertz CT molecular complexity index is 430. The highest BCUT2D eigenvalue weighted by Gasteiger charge is 2.18. The molecule has 4 heteroatoms. The van der Waals surface area contributed by atoms with Crippen molar-refractivity contribution in [3.8, 4) is 0 Å². The smallest absolute Gasteiger partial charge is 0.310 e. The SMILES string of the molecule is CC(C(=O)O)c1ccc(CNC2CCN(C)C2)cc1. The van der Waals surface area contributed by atoms with E-state index in [4.69, 9.17) is 5.11 Å². The molecule has 2 N–H and O–H groups in total. The number of nitrogens with zero attached hydrogens (tertiary/aromatic N) is 1. The highest BCUT2D eigenvalue weighted by Crippen LogP contribution is 2.16. The van der Waals surface area contributed by atoms with Crippen LogP contribution in [-0.2, 0) is 11.3 Å². The molecule has 0 aromatic heterocycles. The van der Waals surface area contributed by atoms with Gasteiger partial charge in [-0.3, -0.25) is 4.79 Å². The molecule has 1 aromatic rings. The predicted molar refractivity (Wildman–Crippen MR) is 75.2 cm³/mol. The number of carbonyl (C=O) groups is 1. The number of hydrogen-bond acceptors (Lipinski definition) is 3. The minimum atomic E-state index is -0.778. The first-order valence-electron chi connectivity index (χ1n) is 6.80. The zero-order valence-corrected chi connectivity index (χ0v) is 11.6. The summed E-state index contributed by atoms with van der Waals surface area (Å²) in [5.74, 6) is -1.22. The van der Waals surface area contributed by atoms with E-state index in [0.717, 1.165) is 25.2 Å². The minimum absolute atomic E-state index is 0.439. The van der Waals surface area contributed by atoms with Crippen molar-refractivity contribution in [1.82, 2.24) is 10.2 Å². The molecule has 0 amide bonds. The maximum absolute atomic E-state index is 10.9. The molecule has 0 radical (unpaired) electrons. The standard InChI is InChI=1S/C15H22N2O2/c1-11(15(18)19)13-5-3-12(4-6-13)9-16-14-7-8-17(2)10-14/h3-6,11,14,16H,7-10H2,1-2H3,(H,18,19). The summed E-state index contributed by atoms with van der Waals surface area (Å²) < 4.78 is 0. The highest BCUT2D eigenvalue weighted by molar-refractivity contribution is 5.75. The summed E-state index contributed by atoms with van der Waals surface area (Å²) in [6.45, 7) is 4.82. The average molecular weight is 262 g/mol. The minimum Gasteiger partial charge on any atom is -0.481 e. The van der Waals surface area contributed by atoms with E-state index in [9.17, 15) is 4.79 Å². The largest absolute Gasteiger partial charge is 0.481 e. The second-order valence-corrected chi connectivity index (χ2v) is 5.43. The van der Waals surface area contributed by atoms with Crippen LogP contribution in [-0.4, -0.2) is 42.2 Å². The highest BCUT2D eigenvalue weighted by atomic mass is 16.4. The summed E-state index contributed by atoms with van der Waals surface area (Å²) in [7, 11) is 2.14. The fourth-order valence-electron chi connectivity index (χ4n) is 2.43. The van der Waals surface area contributed by atoms with Gasteiger partial charge < -0.3 is 15.3 Å². The van der Waals surface area contributed by atoms with Crippen LogP contribution in [0.15, 0.2) is 24.3 Å². The van der Waals surface area contributed by atoms with Gasteiger partial charge in [0, 0.05) is 19.1 Å². The molecule has 0 aliphatic carbocycles. The average Bonchev–Trinajstić information content (AvgIpc) is 2.82. The van der Waals surface area contributed by atoms with Crippen molar-refractivity contribution in [2.75, 3.05) is 20.1 Å². The van der Waals surface area contributed by atoms with Gasteiger partial charge in [-0.25, -0.2) is 0 Å². The molecule has 1 saturated heterocycles. The van der Waals surface area contributed by atoms with E-state index in [1.165, 1.54) is 12.0 Å². The van der Waals surface area contributed by atoms with Crippen LogP contribution in [0.4, 0.5) is 0 Å². The molecule has 19 heavy (non-hydrogen) atoms. The molecule has 0 spiro atoms. The number of likely N-dealkylation sites (N-methyl/N-ethyl adjacent to an activating group) is 1. The summed E-state index contributed by atoms with van der Waals surface area (Å²) in [6.07, 6.45) is 1.20. The van der Waals surface area contributed by atoms with Crippen LogP contribution in [0, 0.1) is 0 Å². The van der Waals surface area contributed by atoms with Gasteiger partial charge in [-0.2, -0.15) is 0 Å². The van der Waals surface area contributed by atoms with Crippen LogP contribution in [0.5, 0.6) is 0 Å². The summed E-state index contributed by atoms with van der Waals surface area (Å²) in [5.41, 5.74) is 2.06. The zero-order chi connectivity index (χ0) is 13.8. The maximum Gasteiger partial charge on any atom is 0.310 e. The fraction of sp³-hybridized carbons (Fsp3) is 0.533. The van der Waals surface area contributed by atoms with E-state index in [1.807, 2.05) is 24.3 Å². The van der Waals surface area contributed by atoms with Crippen molar-refractivity contribution >= 4 is 5.97 Å². The number of carboxylic acids is 1. The molecule has 1 fully saturated rings. The van der Waals surface area contributed by atoms with Crippen LogP contribution in [0.25, 0.3) is 0 Å². The first-order chi connectivity index (χ1) is 9.06. The van der Waals surface area contributed by atoms with E-state index in [-0.39, 0.29) is 0 Å². The van der Waals surface area contributed by atoms with Gasteiger partial charge in [-0.15, -0.1) is 0 Å². The summed E-state index contributed by atoms with van der Waals surface area (Å²) in [4.78, 5) is 13.2. The Kier molecular flexibility index (Phi) is 4.56. The number of nitrogens with one attached hydrogen (secondary N) is 1. The van der Waals surface area contributed by atoms with E-state index >= 15 is 0 Å². The van der Waals surface area contributed by atoms with Crippen molar-refractivity contribution < 1.29 is 9.90 Å². The monoisotopic (exact) mass is 262 g/mol. The Morgan fingerprint density at radius 2 is 2.16 bits per heavy atom. The van der Waals surface area contributed by atoms with Crippen molar-refractivity contribution in [2.24, 2.45) is 0 Å². The fourth-order valence-corrected chi connectivity index (χ4v) is 2.43. The Labute approximate surface area is 114 Å². The molecule has 1 aliphatic heterocycles. The molecule has 0 saturated carbocycles.